The van der Waals surface area contributed by atoms with Crippen molar-refractivity contribution in [2.45, 2.75) is 37.3 Å². The van der Waals surface area contributed by atoms with Gasteiger partial charge in [-0.15, -0.1) is 0 Å². The van der Waals surface area contributed by atoms with E-state index >= 15 is 0 Å². The molecule has 2 unspecified atom stereocenters. The van der Waals surface area contributed by atoms with E-state index in [0.717, 1.165) is 43.3 Å². The summed E-state index contributed by atoms with van der Waals surface area (Å²) in [4.78, 5) is 0. The van der Waals surface area contributed by atoms with Crippen LogP contribution >= 0.6 is 11.8 Å². The van der Waals surface area contributed by atoms with E-state index in [4.69, 9.17) is 10.5 Å². The summed E-state index contributed by atoms with van der Waals surface area (Å²) in [5.41, 5.74) is 6.97. The Morgan fingerprint density at radius 1 is 1.24 bits per heavy atom. The molecule has 2 aliphatic rings. The molecule has 2 atom stereocenters. The van der Waals surface area contributed by atoms with Crippen LogP contribution < -0.4 is 5.73 Å². The van der Waals surface area contributed by atoms with Gasteiger partial charge in [0.15, 0.2) is 11.6 Å². The smallest absolute Gasteiger partial charge is 0.159 e. The first-order valence-corrected chi connectivity index (χ1v) is 8.67. The number of nitrogens with two attached hydrogens (primary N) is 1. The summed E-state index contributed by atoms with van der Waals surface area (Å²) in [5.74, 6) is 0.893. The van der Waals surface area contributed by atoms with Gasteiger partial charge >= 0.3 is 0 Å². The predicted molar refractivity (Wildman–Crippen MR) is 81.3 cm³/mol. The highest BCUT2D eigenvalue weighted by Crippen LogP contribution is 2.42. The van der Waals surface area contributed by atoms with Crippen LogP contribution in [0.5, 0.6) is 0 Å². The monoisotopic (exact) mass is 313 g/mol. The zero-order valence-electron chi connectivity index (χ0n) is 12.0. The lowest BCUT2D eigenvalue weighted by Gasteiger charge is -2.44. The molecular formula is C16H21F2NOS. The van der Waals surface area contributed by atoms with E-state index in [-0.39, 0.29) is 17.6 Å². The number of hydrogen-bond donors (Lipinski definition) is 1. The van der Waals surface area contributed by atoms with Crippen LogP contribution in [-0.4, -0.2) is 23.7 Å². The molecule has 0 saturated carbocycles. The summed E-state index contributed by atoms with van der Waals surface area (Å²) >= 11 is 1.97. The first-order valence-electron chi connectivity index (χ1n) is 7.52. The van der Waals surface area contributed by atoms with Gasteiger partial charge in [-0.25, -0.2) is 8.78 Å². The quantitative estimate of drug-likeness (QED) is 0.905. The summed E-state index contributed by atoms with van der Waals surface area (Å²) in [6, 6.07) is 3.74. The molecule has 3 rings (SSSR count). The third kappa shape index (κ3) is 3.25. The lowest BCUT2D eigenvalue weighted by atomic mass is 9.77. The van der Waals surface area contributed by atoms with Crippen molar-refractivity contribution in [1.82, 2.24) is 0 Å². The van der Waals surface area contributed by atoms with E-state index < -0.39 is 11.6 Å². The molecule has 2 aliphatic heterocycles. The summed E-state index contributed by atoms with van der Waals surface area (Å²) in [6.45, 7) is 0.715. The Kier molecular flexibility index (Phi) is 4.52. The van der Waals surface area contributed by atoms with Crippen molar-refractivity contribution < 1.29 is 13.5 Å². The zero-order chi connectivity index (χ0) is 14.9. The molecule has 0 radical (unpaired) electrons. The molecule has 0 bridgehead atoms. The Balaban J connectivity index is 1.74. The largest absolute Gasteiger partial charge is 0.375 e. The first kappa shape index (κ1) is 15.3. The van der Waals surface area contributed by atoms with Crippen LogP contribution in [0.2, 0.25) is 0 Å². The Morgan fingerprint density at radius 3 is 2.71 bits per heavy atom. The second-order valence-electron chi connectivity index (χ2n) is 6.10. The van der Waals surface area contributed by atoms with Gasteiger partial charge in [0, 0.05) is 12.6 Å². The van der Waals surface area contributed by atoms with Crippen LogP contribution in [0.3, 0.4) is 0 Å². The number of hydrogen-bond acceptors (Lipinski definition) is 3. The summed E-state index contributed by atoms with van der Waals surface area (Å²) in [6.07, 6.45) is 3.94. The van der Waals surface area contributed by atoms with Gasteiger partial charge in [-0.05, 0) is 60.8 Å². The van der Waals surface area contributed by atoms with Crippen molar-refractivity contribution in [1.29, 1.82) is 0 Å². The van der Waals surface area contributed by atoms with Gasteiger partial charge in [-0.1, -0.05) is 6.07 Å². The first-order chi connectivity index (χ1) is 10.1. The number of halogens is 2. The van der Waals surface area contributed by atoms with E-state index in [1.807, 2.05) is 11.8 Å². The second kappa shape index (κ2) is 6.23. The number of thioether (sulfide) groups is 1. The molecule has 0 aliphatic carbocycles. The normalized spacial score (nSPS) is 26.7. The predicted octanol–water partition coefficient (Wildman–Crippen LogP) is 3.66. The minimum atomic E-state index is -0.821. The molecule has 116 valence electrons. The number of benzene rings is 1. The molecule has 5 heteroatoms. The van der Waals surface area contributed by atoms with Crippen molar-refractivity contribution in [3.8, 4) is 0 Å². The highest BCUT2D eigenvalue weighted by molar-refractivity contribution is 7.99. The van der Waals surface area contributed by atoms with Gasteiger partial charge in [0.05, 0.1) is 5.60 Å². The second-order valence-corrected chi connectivity index (χ2v) is 7.32. The fourth-order valence-electron chi connectivity index (χ4n) is 3.46. The molecular weight excluding hydrogens is 292 g/mol. The summed E-state index contributed by atoms with van der Waals surface area (Å²) in [7, 11) is 0. The van der Waals surface area contributed by atoms with Gasteiger partial charge in [-0.2, -0.15) is 11.8 Å². The van der Waals surface area contributed by atoms with Gasteiger partial charge < -0.3 is 10.5 Å². The molecule has 1 spiro atoms. The maximum absolute atomic E-state index is 13.4. The van der Waals surface area contributed by atoms with Crippen molar-refractivity contribution in [3.63, 3.8) is 0 Å². The Bertz CT molecular complexity index is 500. The van der Waals surface area contributed by atoms with Crippen LogP contribution in [-0.2, 0) is 4.74 Å². The lowest BCUT2D eigenvalue weighted by molar-refractivity contribution is -0.105. The molecule has 21 heavy (non-hydrogen) atoms. The summed E-state index contributed by atoms with van der Waals surface area (Å²) in [5, 5.41) is 0. The average molecular weight is 313 g/mol. The van der Waals surface area contributed by atoms with E-state index in [9.17, 15) is 8.78 Å². The summed E-state index contributed by atoms with van der Waals surface area (Å²) < 4.78 is 32.5. The third-order valence-corrected chi connectivity index (χ3v) is 5.76. The molecule has 1 aromatic carbocycles. The highest BCUT2D eigenvalue weighted by atomic mass is 32.2. The fraction of sp³-hybridized carbons (Fsp3) is 0.625. The molecule has 2 nitrogen and oxygen atoms in total. The van der Waals surface area contributed by atoms with Crippen LogP contribution in [0.25, 0.3) is 0 Å². The molecule has 0 aromatic heterocycles. The van der Waals surface area contributed by atoms with E-state index in [2.05, 4.69) is 0 Å². The third-order valence-electron chi connectivity index (χ3n) is 4.77. The van der Waals surface area contributed by atoms with Gasteiger partial charge in [0.25, 0.3) is 0 Å². The molecule has 1 aromatic rings. The van der Waals surface area contributed by atoms with Gasteiger partial charge in [0.1, 0.15) is 0 Å². The van der Waals surface area contributed by atoms with E-state index in [1.54, 1.807) is 6.07 Å². The minimum Gasteiger partial charge on any atom is -0.375 e. The fourth-order valence-corrected chi connectivity index (χ4v) is 4.69. The van der Waals surface area contributed by atoms with Crippen molar-refractivity contribution in [3.05, 3.63) is 35.4 Å². The Morgan fingerprint density at radius 2 is 2.00 bits per heavy atom. The SMILES string of the molecule is NC(c1ccc(F)c(F)c1)C1CCOC2(CCSCC2)C1. The topological polar surface area (TPSA) is 35.2 Å². The maximum Gasteiger partial charge on any atom is 0.159 e. The highest BCUT2D eigenvalue weighted by Gasteiger charge is 2.40. The molecule has 2 fully saturated rings. The average Bonchev–Trinajstić information content (AvgIpc) is 2.50. The number of ether oxygens (including phenoxy) is 1. The van der Waals surface area contributed by atoms with Crippen LogP contribution in [0.1, 0.15) is 37.3 Å². The zero-order valence-corrected chi connectivity index (χ0v) is 12.8. The molecule has 2 saturated heterocycles. The molecule has 2 heterocycles. The van der Waals surface area contributed by atoms with Crippen molar-refractivity contribution in [2.24, 2.45) is 11.7 Å². The van der Waals surface area contributed by atoms with Crippen LogP contribution in [0.15, 0.2) is 18.2 Å². The number of rotatable bonds is 2. The minimum absolute atomic E-state index is 0.0373. The molecule has 0 amide bonds. The maximum atomic E-state index is 13.4. The Labute approximate surface area is 128 Å². The van der Waals surface area contributed by atoms with Crippen molar-refractivity contribution >= 4 is 11.8 Å². The lowest BCUT2D eigenvalue weighted by Crippen LogP contribution is -2.45. The van der Waals surface area contributed by atoms with E-state index in [0.29, 0.717) is 12.2 Å². The standard InChI is InChI=1S/C16H21F2NOS/c17-13-2-1-11(9-14(13)18)15(19)12-3-6-20-16(10-12)4-7-21-8-5-16/h1-2,9,12,15H,3-8,10,19H2. The van der Waals surface area contributed by atoms with Crippen molar-refractivity contribution in [2.75, 3.05) is 18.1 Å². The van der Waals surface area contributed by atoms with Gasteiger partial charge in [-0.3, -0.25) is 0 Å². The van der Waals surface area contributed by atoms with Crippen LogP contribution in [0.4, 0.5) is 8.78 Å². The molecule has 2 N–H and O–H groups in total. The van der Waals surface area contributed by atoms with Gasteiger partial charge in [0.2, 0.25) is 0 Å². The Hall–Kier alpha value is -0.650. The van der Waals surface area contributed by atoms with Crippen LogP contribution in [0, 0.1) is 17.6 Å². The van der Waals surface area contributed by atoms with E-state index in [1.165, 1.54) is 6.07 Å².